The van der Waals surface area contributed by atoms with Crippen molar-refractivity contribution in [3.05, 3.63) is 43.0 Å². The number of imidazole rings is 1. The highest BCUT2D eigenvalue weighted by molar-refractivity contribution is 6.00. The molecule has 0 aliphatic carbocycles. The Kier molecular flexibility index (Phi) is 3.43. The second-order valence-corrected chi connectivity index (χ2v) is 4.92. The Bertz CT molecular complexity index is 667. The first-order chi connectivity index (χ1) is 10.2. The Morgan fingerprint density at radius 2 is 2.29 bits per heavy atom. The van der Waals surface area contributed by atoms with Crippen molar-refractivity contribution in [2.45, 2.75) is 6.42 Å². The van der Waals surface area contributed by atoms with E-state index in [4.69, 9.17) is 4.74 Å². The van der Waals surface area contributed by atoms with Gasteiger partial charge in [-0.1, -0.05) is 6.07 Å². The van der Waals surface area contributed by atoms with E-state index in [-0.39, 0.29) is 24.2 Å². The van der Waals surface area contributed by atoms with Crippen LogP contribution in [0, 0.1) is 5.92 Å². The number of nitrogens with zero attached hydrogens (tertiary/aromatic N) is 3. The van der Waals surface area contributed by atoms with E-state index < -0.39 is 0 Å². The zero-order chi connectivity index (χ0) is 14.8. The van der Waals surface area contributed by atoms with Gasteiger partial charge < -0.3 is 9.64 Å². The van der Waals surface area contributed by atoms with Crippen LogP contribution < -0.4 is 9.64 Å². The molecule has 1 fully saturated rings. The highest BCUT2D eigenvalue weighted by Crippen LogP contribution is 2.28. The molecular weight excluding hydrogens is 270 g/mol. The lowest BCUT2D eigenvalue weighted by Gasteiger charge is -2.17. The summed E-state index contributed by atoms with van der Waals surface area (Å²) in [6.45, 7) is 0.378. The largest absolute Gasteiger partial charge is 0.497 e. The molecule has 1 saturated heterocycles. The van der Waals surface area contributed by atoms with Crippen molar-refractivity contribution in [3.8, 4) is 5.75 Å². The summed E-state index contributed by atoms with van der Waals surface area (Å²) >= 11 is 0. The van der Waals surface area contributed by atoms with E-state index in [1.165, 1.54) is 10.9 Å². The SMILES string of the molecule is COc1cccc(N2C[C@H](C(=O)n3ccnc3)CC2=O)c1. The lowest BCUT2D eigenvalue weighted by Crippen LogP contribution is -2.27. The standard InChI is InChI=1S/C15H15N3O3/c1-21-13-4-2-3-12(8-13)18-9-11(7-14(18)19)15(20)17-6-5-16-10-17/h2-6,8,10-11H,7,9H2,1H3/t11-/m1/s1. The van der Waals surface area contributed by atoms with Crippen LogP contribution in [0.1, 0.15) is 11.2 Å². The molecule has 0 spiro atoms. The van der Waals surface area contributed by atoms with Crippen molar-refractivity contribution < 1.29 is 14.3 Å². The average molecular weight is 285 g/mol. The van der Waals surface area contributed by atoms with Gasteiger partial charge in [0.1, 0.15) is 12.1 Å². The number of amides is 1. The van der Waals surface area contributed by atoms with Gasteiger partial charge in [-0.3, -0.25) is 14.2 Å². The third-order valence-electron chi connectivity index (χ3n) is 3.60. The fourth-order valence-corrected chi connectivity index (χ4v) is 2.50. The predicted octanol–water partition coefficient (Wildman–Crippen LogP) is 1.58. The molecule has 108 valence electrons. The first kappa shape index (κ1) is 13.4. The number of hydrogen-bond acceptors (Lipinski definition) is 4. The molecule has 0 bridgehead atoms. The summed E-state index contributed by atoms with van der Waals surface area (Å²) in [4.78, 5) is 29.9. The Morgan fingerprint density at radius 3 is 3.00 bits per heavy atom. The second kappa shape index (κ2) is 5.40. The van der Waals surface area contributed by atoms with Gasteiger partial charge >= 0.3 is 0 Å². The normalized spacial score (nSPS) is 18.0. The first-order valence-corrected chi connectivity index (χ1v) is 6.65. The van der Waals surface area contributed by atoms with Crippen molar-refractivity contribution in [2.24, 2.45) is 5.92 Å². The Hall–Kier alpha value is -2.63. The summed E-state index contributed by atoms with van der Waals surface area (Å²) in [7, 11) is 1.58. The molecule has 3 rings (SSSR count). The average Bonchev–Trinajstić information content (AvgIpc) is 3.16. The fourth-order valence-electron chi connectivity index (χ4n) is 2.50. The quantitative estimate of drug-likeness (QED) is 0.859. The van der Waals surface area contributed by atoms with Gasteiger partial charge in [0.25, 0.3) is 0 Å². The number of rotatable bonds is 3. The molecule has 6 heteroatoms. The van der Waals surface area contributed by atoms with Gasteiger partial charge in [0.15, 0.2) is 0 Å². The maximum absolute atomic E-state index is 12.3. The molecule has 1 aromatic heterocycles. The minimum absolute atomic E-state index is 0.0540. The maximum atomic E-state index is 12.3. The molecule has 1 aromatic carbocycles. The number of carbonyl (C=O) groups excluding carboxylic acids is 2. The summed E-state index contributed by atoms with van der Waals surface area (Å²) in [6.07, 6.45) is 4.82. The van der Waals surface area contributed by atoms with Crippen LogP contribution in [-0.2, 0) is 4.79 Å². The van der Waals surface area contributed by atoms with E-state index in [9.17, 15) is 9.59 Å². The number of carbonyl (C=O) groups is 2. The Labute approximate surface area is 122 Å². The Balaban J connectivity index is 1.80. The van der Waals surface area contributed by atoms with E-state index in [0.717, 1.165) is 5.69 Å². The molecule has 1 aliphatic rings. The van der Waals surface area contributed by atoms with Crippen molar-refractivity contribution in [2.75, 3.05) is 18.6 Å². The summed E-state index contributed by atoms with van der Waals surface area (Å²) in [5.41, 5.74) is 0.750. The third-order valence-corrected chi connectivity index (χ3v) is 3.60. The molecule has 0 radical (unpaired) electrons. The van der Waals surface area contributed by atoms with Crippen molar-refractivity contribution in [1.29, 1.82) is 0 Å². The monoisotopic (exact) mass is 285 g/mol. The van der Waals surface area contributed by atoms with Crippen molar-refractivity contribution >= 4 is 17.5 Å². The summed E-state index contributed by atoms with van der Waals surface area (Å²) < 4.78 is 6.59. The van der Waals surface area contributed by atoms with Crippen LogP contribution in [0.5, 0.6) is 5.75 Å². The molecule has 2 aromatic rings. The van der Waals surface area contributed by atoms with Crippen LogP contribution in [0.15, 0.2) is 43.0 Å². The van der Waals surface area contributed by atoms with Crippen molar-refractivity contribution in [1.82, 2.24) is 9.55 Å². The zero-order valence-electron chi connectivity index (χ0n) is 11.6. The number of benzene rings is 1. The molecule has 1 aliphatic heterocycles. The highest BCUT2D eigenvalue weighted by Gasteiger charge is 2.35. The second-order valence-electron chi connectivity index (χ2n) is 4.92. The number of hydrogen-bond donors (Lipinski definition) is 0. The van der Waals surface area contributed by atoms with Gasteiger partial charge in [0.2, 0.25) is 11.8 Å². The molecule has 1 amide bonds. The molecule has 0 unspecified atom stereocenters. The van der Waals surface area contributed by atoms with Gasteiger partial charge in [-0.05, 0) is 12.1 Å². The molecule has 6 nitrogen and oxygen atoms in total. The predicted molar refractivity (Wildman–Crippen MR) is 76.3 cm³/mol. The highest BCUT2D eigenvalue weighted by atomic mass is 16.5. The molecule has 0 N–H and O–H groups in total. The van der Waals surface area contributed by atoms with Crippen LogP contribution >= 0.6 is 0 Å². The summed E-state index contributed by atoms with van der Waals surface area (Å²) in [5.74, 6) is 0.176. The van der Waals surface area contributed by atoms with E-state index in [1.807, 2.05) is 18.2 Å². The van der Waals surface area contributed by atoms with Crippen LogP contribution in [0.25, 0.3) is 0 Å². The number of ether oxygens (including phenoxy) is 1. The number of methoxy groups -OCH3 is 1. The lowest BCUT2D eigenvalue weighted by atomic mass is 10.1. The number of anilines is 1. The van der Waals surface area contributed by atoms with E-state index in [2.05, 4.69) is 4.98 Å². The van der Waals surface area contributed by atoms with Crippen LogP contribution in [0.2, 0.25) is 0 Å². The van der Waals surface area contributed by atoms with Gasteiger partial charge in [0.05, 0.1) is 13.0 Å². The maximum Gasteiger partial charge on any atom is 0.237 e. The minimum Gasteiger partial charge on any atom is -0.497 e. The van der Waals surface area contributed by atoms with E-state index >= 15 is 0 Å². The summed E-state index contributed by atoms with van der Waals surface area (Å²) in [6, 6.07) is 7.27. The molecule has 21 heavy (non-hydrogen) atoms. The van der Waals surface area contributed by atoms with Gasteiger partial charge in [-0.25, -0.2) is 4.98 Å². The van der Waals surface area contributed by atoms with Gasteiger partial charge in [-0.2, -0.15) is 0 Å². The topological polar surface area (TPSA) is 64.4 Å². The van der Waals surface area contributed by atoms with Crippen LogP contribution in [-0.4, -0.2) is 35.0 Å². The molecule has 0 saturated carbocycles. The smallest absolute Gasteiger partial charge is 0.237 e. The molecule has 1 atom stereocenters. The zero-order valence-corrected chi connectivity index (χ0v) is 11.6. The van der Waals surface area contributed by atoms with Gasteiger partial charge in [-0.15, -0.1) is 0 Å². The van der Waals surface area contributed by atoms with Crippen LogP contribution in [0.4, 0.5) is 5.69 Å². The summed E-state index contributed by atoms with van der Waals surface area (Å²) in [5, 5.41) is 0. The molecule has 2 heterocycles. The van der Waals surface area contributed by atoms with E-state index in [1.54, 1.807) is 30.5 Å². The third kappa shape index (κ3) is 2.52. The molecular formula is C15H15N3O3. The fraction of sp³-hybridized carbons (Fsp3) is 0.267. The van der Waals surface area contributed by atoms with Crippen molar-refractivity contribution in [3.63, 3.8) is 0 Å². The van der Waals surface area contributed by atoms with E-state index in [0.29, 0.717) is 12.3 Å². The number of aromatic nitrogens is 2. The van der Waals surface area contributed by atoms with Crippen LogP contribution in [0.3, 0.4) is 0 Å². The first-order valence-electron chi connectivity index (χ1n) is 6.65. The minimum atomic E-state index is -0.349. The lowest BCUT2D eigenvalue weighted by molar-refractivity contribution is -0.117. The van der Waals surface area contributed by atoms with Gasteiger partial charge in [0, 0.05) is 37.1 Å². The Morgan fingerprint density at radius 1 is 1.43 bits per heavy atom.